The summed E-state index contributed by atoms with van der Waals surface area (Å²) in [6.07, 6.45) is 0.533. The number of ether oxygens (including phenoxy) is 2. The molecule has 0 radical (unpaired) electrons. The van der Waals surface area contributed by atoms with E-state index in [1.807, 2.05) is 42.5 Å². The Morgan fingerprint density at radius 2 is 1.67 bits per heavy atom. The molecular formula is C23H17NO5S. The molecule has 0 fully saturated rings. The number of nitrogens with zero attached hydrogens (tertiary/aromatic N) is 1. The average molecular weight is 419 g/mol. The van der Waals surface area contributed by atoms with Crippen molar-refractivity contribution in [2.45, 2.75) is 16.6 Å². The Morgan fingerprint density at radius 3 is 2.47 bits per heavy atom. The standard InChI is InChI=1S/C23H17NO5S/c25-13-28-20-10-9-15(11-21(20)29-14-26)23-12-18(16-5-1-3-7-19(16)27)24-17-6-2-4-8-22(17)30-23/h1-11,13-14,23,27H,12H2. The smallest absolute Gasteiger partial charge is 0.298 e. The van der Waals surface area contributed by atoms with Crippen molar-refractivity contribution in [2.75, 3.05) is 0 Å². The minimum absolute atomic E-state index is 0.0775. The summed E-state index contributed by atoms with van der Waals surface area (Å²) in [6, 6.07) is 20.0. The summed E-state index contributed by atoms with van der Waals surface area (Å²) in [5, 5.41) is 10.3. The number of thioether (sulfide) groups is 1. The van der Waals surface area contributed by atoms with Crippen molar-refractivity contribution in [3.8, 4) is 17.2 Å². The maximum Gasteiger partial charge on any atom is 0.298 e. The van der Waals surface area contributed by atoms with Gasteiger partial charge in [-0.2, -0.15) is 0 Å². The zero-order chi connectivity index (χ0) is 20.9. The van der Waals surface area contributed by atoms with Crippen molar-refractivity contribution in [1.29, 1.82) is 0 Å². The van der Waals surface area contributed by atoms with Crippen LogP contribution >= 0.6 is 11.8 Å². The van der Waals surface area contributed by atoms with E-state index in [0.717, 1.165) is 21.9 Å². The van der Waals surface area contributed by atoms with Crippen molar-refractivity contribution >= 4 is 36.1 Å². The van der Waals surface area contributed by atoms with E-state index < -0.39 is 0 Å². The number of benzene rings is 3. The number of carbonyl (C=O) groups is 2. The van der Waals surface area contributed by atoms with Crippen molar-refractivity contribution in [3.05, 3.63) is 77.9 Å². The van der Waals surface area contributed by atoms with Crippen LogP contribution in [0.5, 0.6) is 17.2 Å². The Kier molecular flexibility index (Phi) is 5.81. The lowest BCUT2D eigenvalue weighted by Crippen LogP contribution is -2.06. The molecule has 30 heavy (non-hydrogen) atoms. The van der Waals surface area contributed by atoms with Gasteiger partial charge in [-0.05, 0) is 42.0 Å². The van der Waals surface area contributed by atoms with Crippen LogP contribution in [0.4, 0.5) is 5.69 Å². The number of hydrogen-bond donors (Lipinski definition) is 1. The monoisotopic (exact) mass is 419 g/mol. The Hall–Kier alpha value is -3.58. The quantitative estimate of drug-likeness (QED) is 0.577. The van der Waals surface area contributed by atoms with Gasteiger partial charge in [0.15, 0.2) is 11.5 Å². The predicted octanol–water partition coefficient (Wildman–Crippen LogP) is 4.82. The Bertz CT molecular complexity index is 1130. The third-order valence-electron chi connectivity index (χ3n) is 4.67. The molecule has 1 atom stereocenters. The van der Waals surface area contributed by atoms with Crippen molar-refractivity contribution in [1.82, 2.24) is 0 Å². The third-order valence-corrected chi connectivity index (χ3v) is 6.00. The SMILES string of the molecule is O=COc1ccc(C2CC(c3ccccc3O)=Nc3ccccc3S2)cc1OC=O. The highest BCUT2D eigenvalue weighted by molar-refractivity contribution is 7.99. The fraction of sp³-hybridized carbons (Fsp3) is 0.0870. The molecule has 1 unspecified atom stereocenters. The van der Waals surface area contributed by atoms with Gasteiger partial charge in [0.2, 0.25) is 0 Å². The second-order valence-electron chi connectivity index (χ2n) is 6.49. The first kappa shape index (κ1) is 19.7. The lowest BCUT2D eigenvalue weighted by atomic mass is 10.00. The topological polar surface area (TPSA) is 85.2 Å². The first-order valence-corrected chi connectivity index (χ1v) is 10.0. The van der Waals surface area contributed by atoms with Crippen molar-refractivity contribution < 1.29 is 24.2 Å². The van der Waals surface area contributed by atoms with Crippen LogP contribution in [0.3, 0.4) is 0 Å². The highest BCUT2D eigenvalue weighted by Gasteiger charge is 2.24. The fourth-order valence-electron chi connectivity index (χ4n) is 3.30. The second-order valence-corrected chi connectivity index (χ2v) is 7.73. The van der Waals surface area contributed by atoms with E-state index in [9.17, 15) is 14.7 Å². The average Bonchev–Trinajstić information content (AvgIpc) is 2.95. The van der Waals surface area contributed by atoms with Gasteiger partial charge in [0.05, 0.1) is 11.4 Å². The van der Waals surface area contributed by atoms with E-state index in [4.69, 9.17) is 14.5 Å². The molecule has 4 rings (SSSR count). The third kappa shape index (κ3) is 4.06. The molecule has 6 nitrogen and oxygen atoms in total. The first-order valence-electron chi connectivity index (χ1n) is 9.15. The lowest BCUT2D eigenvalue weighted by Gasteiger charge is -2.18. The number of fused-ring (bicyclic) bond motifs is 1. The van der Waals surface area contributed by atoms with Gasteiger partial charge >= 0.3 is 0 Å². The molecular weight excluding hydrogens is 402 g/mol. The van der Waals surface area contributed by atoms with Gasteiger partial charge in [-0.25, -0.2) is 0 Å². The van der Waals surface area contributed by atoms with Crippen LogP contribution < -0.4 is 9.47 Å². The normalized spacial score (nSPS) is 15.3. The summed E-state index contributed by atoms with van der Waals surface area (Å²) >= 11 is 1.63. The number of phenols is 1. The number of rotatable bonds is 6. The zero-order valence-corrected chi connectivity index (χ0v) is 16.5. The van der Waals surface area contributed by atoms with Crippen LogP contribution in [-0.4, -0.2) is 23.8 Å². The largest absolute Gasteiger partial charge is 0.507 e. The molecule has 0 spiro atoms. The van der Waals surface area contributed by atoms with E-state index in [1.165, 1.54) is 0 Å². The fourth-order valence-corrected chi connectivity index (χ4v) is 4.52. The summed E-state index contributed by atoms with van der Waals surface area (Å²) < 4.78 is 9.90. The Balaban J connectivity index is 1.79. The van der Waals surface area contributed by atoms with Gasteiger partial charge < -0.3 is 14.6 Å². The summed E-state index contributed by atoms with van der Waals surface area (Å²) in [5.41, 5.74) is 3.12. The van der Waals surface area contributed by atoms with Crippen LogP contribution in [0.2, 0.25) is 0 Å². The molecule has 3 aromatic rings. The first-order chi connectivity index (χ1) is 14.7. The maximum atomic E-state index is 10.9. The molecule has 1 N–H and O–H groups in total. The molecule has 0 saturated carbocycles. The van der Waals surface area contributed by atoms with E-state index in [2.05, 4.69) is 0 Å². The van der Waals surface area contributed by atoms with E-state index >= 15 is 0 Å². The molecule has 0 aromatic heterocycles. The molecule has 1 aliphatic rings. The summed E-state index contributed by atoms with van der Waals surface area (Å²) in [5.74, 6) is 0.488. The van der Waals surface area contributed by atoms with Crippen molar-refractivity contribution in [2.24, 2.45) is 4.99 Å². The number of hydrogen-bond acceptors (Lipinski definition) is 7. The molecule has 7 heteroatoms. The predicted molar refractivity (Wildman–Crippen MR) is 114 cm³/mol. The van der Waals surface area contributed by atoms with E-state index in [0.29, 0.717) is 18.5 Å². The molecule has 1 aliphatic heterocycles. The molecule has 0 saturated heterocycles. The number of carbonyl (C=O) groups excluding carboxylic acids is 2. The van der Waals surface area contributed by atoms with E-state index in [1.54, 1.807) is 36.0 Å². The van der Waals surface area contributed by atoms with Crippen LogP contribution in [0, 0.1) is 0 Å². The summed E-state index contributed by atoms with van der Waals surface area (Å²) in [4.78, 5) is 27.4. The molecule has 0 amide bonds. The Morgan fingerprint density at radius 1 is 0.933 bits per heavy atom. The van der Waals surface area contributed by atoms with E-state index in [-0.39, 0.29) is 29.0 Å². The summed E-state index contributed by atoms with van der Waals surface area (Å²) in [6.45, 7) is 0.577. The van der Waals surface area contributed by atoms with Gasteiger partial charge in [-0.3, -0.25) is 14.6 Å². The minimum atomic E-state index is -0.0775. The lowest BCUT2D eigenvalue weighted by molar-refractivity contribution is -0.123. The van der Waals surface area contributed by atoms with Crippen molar-refractivity contribution in [3.63, 3.8) is 0 Å². The van der Waals surface area contributed by atoms with Crippen LogP contribution in [0.25, 0.3) is 0 Å². The van der Waals surface area contributed by atoms with Crippen LogP contribution in [0.1, 0.15) is 22.8 Å². The molecule has 1 heterocycles. The Labute approximate surface area is 177 Å². The maximum absolute atomic E-state index is 10.9. The van der Waals surface area contributed by atoms with Crippen LogP contribution in [-0.2, 0) is 9.59 Å². The second kappa shape index (κ2) is 8.84. The zero-order valence-electron chi connectivity index (χ0n) is 15.7. The number of aliphatic imine (C=N–C) groups is 1. The van der Waals surface area contributed by atoms with Gasteiger partial charge in [-0.15, -0.1) is 11.8 Å². The molecule has 3 aromatic carbocycles. The van der Waals surface area contributed by atoms with Gasteiger partial charge in [0.25, 0.3) is 12.9 Å². The number of para-hydroxylation sites is 2. The van der Waals surface area contributed by atoms with Gasteiger partial charge in [0, 0.05) is 22.1 Å². The molecule has 0 bridgehead atoms. The van der Waals surface area contributed by atoms with Crippen LogP contribution in [0.15, 0.2) is 76.6 Å². The van der Waals surface area contributed by atoms with Gasteiger partial charge in [-0.1, -0.05) is 30.3 Å². The summed E-state index contributed by atoms with van der Waals surface area (Å²) in [7, 11) is 0. The minimum Gasteiger partial charge on any atom is -0.507 e. The number of aromatic hydroxyl groups is 1. The number of phenolic OH excluding ortho intramolecular Hbond substituents is 1. The molecule has 0 aliphatic carbocycles. The highest BCUT2D eigenvalue weighted by atomic mass is 32.2. The molecule has 150 valence electrons. The highest BCUT2D eigenvalue weighted by Crippen LogP contribution is 2.47. The van der Waals surface area contributed by atoms with Gasteiger partial charge in [0.1, 0.15) is 5.75 Å².